The van der Waals surface area contributed by atoms with Gasteiger partial charge in [0.15, 0.2) is 0 Å². The van der Waals surface area contributed by atoms with Crippen molar-refractivity contribution in [1.82, 2.24) is 0 Å². The number of hydrogen-bond acceptors (Lipinski definition) is 3. The summed E-state index contributed by atoms with van der Waals surface area (Å²) in [6, 6.07) is 13.2. The van der Waals surface area contributed by atoms with Crippen LogP contribution in [0.4, 0.5) is 0 Å². The molecule has 0 radical (unpaired) electrons. The SMILES string of the molecule is CCCCOc1cccc(CC(C(=O)O)c2ccc(OC)cc2C)c1. The zero-order chi connectivity index (χ0) is 18.2. The predicted molar refractivity (Wildman–Crippen MR) is 98.7 cm³/mol. The maximum Gasteiger partial charge on any atom is 0.311 e. The van der Waals surface area contributed by atoms with E-state index in [1.165, 1.54) is 0 Å². The molecule has 0 aliphatic rings. The van der Waals surface area contributed by atoms with Gasteiger partial charge in [-0.25, -0.2) is 0 Å². The van der Waals surface area contributed by atoms with E-state index in [2.05, 4.69) is 6.92 Å². The quantitative estimate of drug-likeness (QED) is 0.677. The molecule has 1 unspecified atom stereocenters. The third-order valence-corrected chi connectivity index (χ3v) is 4.26. The molecular weight excluding hydrogens is 316 g/mol. The molecule has 1 atom stereocenters. The van der Waals surface area contributed by atoms with Crippen LogP contribution in [0.1, 0.15) is 42.4 Å². The number of carboxylic acids is 1. The summed E-state index contributed by atoms with van der Waals surface area (Å²) in [7, 11) is 1.60. The first-order valence-electron chi connectivity index (χ1n) is 8.64. The Morgan fingerprint density at radius 2 is 1.96 bits per heavy atom. The third-order valence-electron chi connectivity index (χ3n) is 4.26. The molecule has 1 N–H and O–H groups in total. The lowest BCUT2D eigenvalue weighted by molar-refractivity contribution is -0.138. The Morgan fingerprint density at radius 1 is 1.16 bits per heavy atom. The molecule has 25 heavy (non-hydrogen) atoms. The summed E-state index contributed by atoms with van der Waals surface area (Å²) < 4.78 is 10.9. The van der Waals surface area contributed by atoms with Gasteiger partial charge in [-0.2, -0.15) is 0 Å². The van der Waals surface area contributed by atoms with Crippen LogP contribution in [-0.2, 0) is 11.2 Å². The van der Waals surface area contributed by atoms with Crippen molar-refractivity contribution in [2.24, 2.45) is 0 Å². The van der Waals surface area contributed by atoms with Gasteiger partial charge < -0.3 is 14.6 Å². The number of carboxylic acid groups (broad SMARTS) is 1. The van der Waals surface area contributed by atoms with Gasteiger partial charge in [-0.3, -0.25) is 4.79 Å². The van der Waals surface area contributed by atoms with Crippen molar-refractivity contribution in [1.29, 1.82) is 0 Å². The fraction of sp³-hybridized carbons (Fsp3) is 0.381. The number of methoxy groups -OCH3 is 1. The van der Waals surface area contributed by atoms with E-state index >= 15 is 0 Å². The molecule has 4 nitrogen and oxygen atoms in total. The number of carbonyl (C=O) groups is 1. The maximum absolute atomic E-state index is 11.8. The van der Waals surface area contributed by atoms with E-state index in [9.17, 15) is 9.90 Å². The second kappa shape index (κ2) is 9.11. The predicted octanol–water partition coefficient (Wildman–Crippen LogP) is 4.59. The molecule has 0 heterocycles. The van der Waals surface area contributed by atoms with Gasteiger partial charge in [0.1, 0.15) is 11.5 Å². The molecule has 2 aromatic carbocycles. The Labute approximate surface area is 149 Å². The number of aryl methyl sites for hydroxylation is 1. The van der Waals surface area contributed by atoms with E-state index in [4.69, 9.17) is 9.47 Å². The van der Waals surface area contributed by atoms with Crippen molar-refractivity contribution >= 4 is 5.97 Å². The summed E-state index contributed by atoms with van der Waals surface area (Å²) in [5, 5.41) is 9.72. The molecule has 0 aromatic heterocycles. The van der Waals surface area contributed by atoms with Crippen molar-refractivity contribution in [3.05, 3.63) is 59.2 Å². The number of rotatable bonds is 9. The summed E-state index contributed by atoms with van der Waals surface area (Å²) in [6.45, 7) is 4.71. The van der Waals surface area contributed by atoms with E-state index in [-0.39, 0.29) is 0 Å². The average Bonchev–Trinajstić information content (AvgIpc) is 2.60. The largest absolute Gasteiger partial charge is 0.497 e. The zero-order valence-corrected chi connectivity index (χ0v) is 15.1. The van der Waals surface area contributed by atoms with E-state index in [1.807, 2.05) is 49.4 Å². The molecular formula is C21H26O4. The van der Waals surface area contributed by atoms with Crippen LogP contribution in [0.25, 0.3) is 0 Å². The average molecular weight is 342 g/mol. The van der Waals surface area contributed by atoms with Crippen molar-refractivity contribution in [3.8, 4) is 11.5 Å². The second-order valence-corrected chi connectivity index (χ2v) is 6.17. The molecule has 0 bridgehead atoms. The first kappa shape index (κ1) is 18.8. The summed E-state index contributed by atoms with van der Waals surface area (Å²) in [4.78, 5) is 11.8. The van der Waals surface area contributed by atoms with Crippen molar-refractivity contribution in [2.75, 3.05) is 13.7 Å². The highest BCUT2D eigenvalue weighted by Gasteiger charge is 2.22. The highest BCUT2D eigenvalue weighted by atomic mass is 16.5. The first-order valence-corrected chi connectivity index (χ1v) is 8.64. The van der Waals surface area contributed by atoms with Crippen molar-refractivity contribution in [2.45, 2.75) is 39.0 Å². The molecule has 2 rings (SSSR count). The third kappa shape index (κ3) is 5.24. The van der Waals surface area contributed by atoms with Crippen molar-refractivity contribution < 1.29 is 19.4 Å². The molecule has 4 heteroatoms. The van der Waals surface area contributed by atoms with Gasteiger partial charge in [-0.05, 0) is 60.7 Å². The van der Waals surface area contributed by atoms with E-state index in [0.29, 0.717) is 13.0 Å². The summed E-state index contributed by atoms with van der Waals surface area (Å²) in [5.41, 5.74) is 2.68. The molecule has 2 aromatic rings. The Kier molecular flexibility index (Phi) is 6.87. The van der Waals surface area contributed by atoms with E-state index in [0.717, 1.165) is 41.0 Å². The van der Waals surface area contributed by atoms with Crippen LogP contribution in [0.3, 0.4) is 0 Å². The van der Waals surface area contributed by atoms with Crippen LogP contribution in [-0.4, -0.2) is 24.8 Å². The first-order chi connectivity index (χ1) is 12.0. The van der Waals surface area contributed by atoms with Gasteiger partial charge >= 0.3 is 5.97 Å². The monoisotopic (exact) mass is 342 g/mol. The minimum absolute atomic E-state index is 0.424. The normalized spacial score (nSPS) is 11.8. The number of aliphatic carboxylic acids is 1. The van der Waals surface area contributed by atoms with Gasteiger partial charge in [-0.15, -0.1) is 0 Å². The molecule has 0 fully saturated rings. The Morgan fingerprint density at radius 3 is 2.60 bits per heavy atom. The van der Waals surface area contributed by atoms with E-state index < -0.39 is 11.9 Å². The molecule has 134 valence electrons. The fourth-order valence-corrected chi connectivity index (χ4v) is 2.83. The van der Waals surface area contributed by atoms with Gasteiger partial charge in [0.25, 0.3) is 0 Å². The van der Waals surface area contributed by atoms with Crippen LogP contribution in [0.15, 0.2) is 42.5 Å². The summed E-state index contributed by atoms with van der Waals surface area (Å²) in [5.74, 6) is 0.0978. The summed E-state index contributed by atoms with van der Waals surface area (Å²) in [6.07, 6.45) is 2.51. The minimum atomic E-state index is -0.828. The number of hydrogen-bond donors (Lipinski definition) is 1. The van der Waals surface area contributed by atoms with Gasteiger partial charge in [-0.1, -0.05) is 31.5 Å². The minimum Gasteiger partial charge on any atom is -0.497 e. The van der Waals surface area contributed by atoms with Crippen LogP contribution < -0.4 is 9.47 Å². The maximum atomic E-state index is 11.8. The smallest absolute Gasteiger partial charge is 0.311 e. The lowest BCUT2D eigenvalue weighted by atomic mass is 9.89. The van der Waals surface area contributed by atoms with Gasteiger partial charge in [0, 0.05) is 0 Å². The molecule has 0 spiro atoms. The molecule has 0 saturated carbocycles. The van der Waals surface area contributed by atoms with E-state index in [1.54, 1.807) is 7.11 Å². The van der Waals surface area contributed by atoms with Gasteiger partial charge in [0.05, 0.1) is 19.6 Å². The number of unbranched alkanes of at least 4 members (excludes halogenated alkanes) is 1. The summed E-state index contributed by atoms with van der Waals surface area (Å²) >= 11 is 0. The van der Waals surface area contributed by atoms with Crippen LogP contribution in [0.2, 0.25) is 0 Å². The molecule has 0 amide bonds. The highest BCUT2D eigenvalue weighted by molar-refractivity contribution is 5.77. The lowest BCUT2D eigenvalue weighted by Crippen LogP contribution is -2.15. The topological polar surface area (TPSA) is 55.8 Å². The molecule has 0 saturated heterocycles. The lowest BCUT2D eigenvalue weighted by Gasteiger charge is -2.17. The Hall–Kier alpha value is -2.49. The van der Waals surface area contributed by atoms with Crippen molar-refractivity contribution in [3.63, 3.8) is 0 Å². The number of ether oxygens (including phenoxy) is 2. The zero-order valence-electron chi connectivity index (χ0n) is 15.1. The van der Waals surface area contributed by atoms with Crippen LogP contribution >= 0.6 is 0 Å². The second-order valence-electron chi connectivity index (χ2n) is 6.17. The highest BCUT2D eigenvalue weighted by Crippen LogP contribution is 2.28. The van der Waals surface area contributed by atoms with Gasteiger partial charge in [0.2, 0.25) is 0 Å². The Bertz CT molecular complexity index is 709. The molecule has 0 aliphatic carbocycles. The molecule has 0 aliphatic heterocycles. The number of benzene rings is 2. The fourth-order valence-electron chi connectivity index (χ4n) is 2.83. The van der Waals surface area contributed by atoms with Crippen LogP contribution in [0.5, 0.6) is 11.5 Å². The Balaban J connectivity index is 2.19. The standard InChI is InChI=1S/C21H26O4/c1-4-5-11-25-18-8-6-7-16(13-18)14-20(21(22)23)19-10-9-17(24-3)12-15(19)2/h6-10,12-13,20H,4-5,11,14H2,1-3H3,(H,22,23). The van der Waals surface area contributed by atoms with Crippen LogP contribution in [0, 0.1) is 6.92 Å².